The van der Waals surface area contributed by atoms with Crippen LogP contribution in [0.4, 0.5) is 0 Å². The van der Waals surface area contributed by atoms with Crippen LogP contribution in [0.3, 0.4) is 0 Å². The van der Waals surface area contributed by atoms with Gasteiger partial charge in [0.25, 0.3) is 0 Å². The summed E-state index contributed by atoms with van der Waals surface area (Å²) in [5.41, 5.74) is 1.61. The molecule has 0 saturated carbocycles. The Labute approximate surface area is 100 Å². The van der Waals surface area contributed by atoms with E-state index in [1.807, 2.05) is 0 Å². The quantitative estimate of drug-likeness (QED) is 0.671. The van der Waals surface area contributed by atoms with Crippen LogP contribution >= 0.6 is 0 Å². The second kappa shape index (κ2) is 7.86. The summed E-state index contributed by atoms with van der Waals surface area (Å²) in [4.78, 5) is 0. The van der Waals surface area contributed by atoms with Gasteiger partial charge in [0.2, 0.25) is 0 Å². The Morgan fingerprint density at radius 2 is 2.25 bits per heavy atom. The molecule has 0 spiro atoms. The van der Waals surface area contributed by atoms with Gasteiger partial charge in [-0.15, -0.1) is 0 Å². The van der Waals surface area contributed by atoms with Gasteiger partial charge < -0.3 is 10.1 Å². The topological polar surface area (TPSA) is 21.3 Å². The molecule has 0 aromatic carbocycles. The number of ether oxygens (including phenoxy) is 1. The van der Waals surface area contributed by atoms with Gasteiger partial charge in [0.05, 0.1) is 6.10 Å². The molecule has 2 atom stereocenters. The summed E-state index contributed by atoms with van der Waals surface area (Å²) in [5.74, 6) is 0. The zero-order chi connectivity index (χ0) is 11.8. The van der Waals surface area contributed by atoms with Gasteiger partial charge in [-0.1, -0.05) is 18.6 Å². The minimum Gasteiger partial charge on any atom is -0.382 e. The third-order valence-electron chi connectivity index (χ3n) is 3.38. The van der Waals surface area contributed by atoms with Crippen molar-refractivity contribution >= 4 is 0 Å². The zero-order valence-electron chi connectivity index (χ0n) is 11.1. The zero-order valence-corrected chi connectivity index (χ0v) is 11.1. The molecule has 0 bridgehead atoms. The van der Waals surface area contributed by atoms with Gasteiger partial charge in [-0.3, -0.25) is 0 Å². The highest BCUT2D eigenvalue weighted by Gasteiger charge is 2.17. The maximum atomic E-state index is 5.38. The molecule has 0 aliphatic heterocycles. The van der Waals surface area contributed by atoms with Crippen molar-refractivity contribution in [2.45, 2.75) is 64.5 Å². The van der Waals surface area contributed by atoms with Crippen molar-refractivity contribution in [2.75, 3.05) is 13.7 Å². The Morgan fingerprint density at radius 3 is 2.81 bits per heavy atom. The first-order valence-electron chi connectivity index (χ1n) is 6.73. The van der Waals surface area contributed by atoms with Crippen molar-refractivity contribution in [3.05, 3.63) is 11.6 Å². The first-order chi connectivity index (χ1) is 7.77. The molecule has 0 amide bonds. The van der Waals surface area contributed by atoms with Gasteiger partial charge in [-0.2, -0.15) is 0 Å². The standard InChI is InChI=1S/C14H27NO/c1-4-10-15-14(11-12(2)16-3)13-8-6-5-7-9-13/h8,12,14-15H,4-7,9-11H2,1-3H3. The number of nitrogens with one attached hydrogen (secondary N) is 1. The number of hydrogen-bond acceptors (Lipinski definition) is 2. The van der Waals surface area contributed by atoms with E-state index in [2.05, 4.69) is 25.2 Å². The van der Waals surface area contributed by atoms with Crippen LogP contribution in [0.15, 0.2) is 11.6 Å². The summed E-state index contributed by atoms with van der Waals surface area (Å²) in [6, 6.07) is 0.537. The second-order valence-electron chi connectivity index (χ2n) is 4.81. The molecule has 1 aliphatic rings. The lowest BCUT2D eigenvalue weighted by Crippen LogP contribution is -2.35. The Morgan fingerprint density at radius 1 is 1.44 bits per heavy atom. The Bertz CT molecular complexity index is 213. The lowest BCUT2D eigenvalue weighted by molar-refractivity contribution is 0.103. The molecular weight excluding hydrogens is 198 g/mol. The summed E-state index contributed by atoms with van der Waals surface area (Å²) in [6.45, 7) is 5.49. The summed E-state index contributed by atoms with van der Waals surface area (Å²) >= 11 is 0. The smallest absolute Gasteiger partial charge is 0.0561 e. The number of methoxy groups -OCH3 is 1. The Hall–Kier alpha value is -0.340. The molecule has 94 valence electrons. The van der Waals surface area contributed by atoms with Gasteiger partial charge in [0.1, 0.15) is 0 Å². The van der Waals surface area contributed by atoms with Crippen LogP contribution in [0, 0.1) is 0 Å². The molecule has 1 aliphatic carbocycles. The third kappa shape index (κ3) is 4.67. The van der Waals surface area contributed by atoms with E-state index in [9.17, 15) is 0 Å². The van der Waals surface area contributed by atoms with Crippen molar-refractivity contribution < 1.29 is 4.74 Å². The summed E-state index contributed by atoms with van der Waals surface area (Å²) in [6.07, 6.45) is 10.4. The fourth-order valence-electron chi connectivity index (χ4n) is 2.29. The van der Waals surface area contributed by atoms with Crippen LogP contribution in [0.25, 0.3) is 0 Å². The molecule has 0 heterocycles. The van der Waals surface area contributed by atoms with Crippen molar-refractivity contribution in [2.24, 2.45) is 0 Å². The molecule has 1 N–H and O–H groups in total. The minimum atomic E-state index is 0.345. The van der Waals surface area contributed by atoms with Crippen molar-refractivity contribution in [3.63, 3.8) is 0 Å². The number of rotatable bonds is 7. The summed E-state index contributed by atoms with van der Waals surface area (Å²) in [7, 11) is 1.80. The van der Waals surface area contributed by atoms with Gasteiger partial charge >= 0.3 is 0 Å². The largest absolute Gasteiger partial charge is 0.382 e. The molecule has 0 aromatic rings. The number of hydrogen-bond donors (Lipinski definition) is 1. The third-order valence-corrected chi connectivity index (χ3v) is 3.38. The fraction of sp³-hybridized carbons (Fsp3) is 0.857. The van der Waals surface area contributed by atoms with E-state index >= 15 is 0 Å². The molecule has 0 aromatic heterocycles. The van der Waals surface area contributed by atoms with Crippen LogP contribution in [-0.4, -0.2) is 25.8 Å². The van der Waals surface area contributed by atoms with Crippen molar-refractivity contribution in [3.8, 4) is 0 Å². The average Bonchev–Trinajstić information content (AvgIpc) is 2.35. The van der Waals surface area contributed by atoms with E-state index < -0.39 is 0 Å². The highest BCUT2D eigenvalue weighted by Crippen LogP contribution is 2.23. The normalized spacial score (nSPS) is 20.3. The lowest BCUT2D eigenvalue weighted by atomic mass is 9.91. The molecule has 2 nitrogen and oxygen atoms in total. The first kappa shape index (κ1) is 13.7. The molecular formula is C14H27NO. The molecule has 2 heteroatoms. The highest BCUT2D eigenvalue weighted by molar-refractivity contribution is 5.13. The van der Waals surface area contributed by atoms with Gasteiger partial charge in [-0.05, 0) is 52.0 Å². The van der Waals surface area contributed by atoms with E-state index in [0.29, 0.717) is 12.1 Å². The van der Waals surface area contributed by atoms with Gasteiger partial charge in [0.15, 0.2) is 0 Å². The second-order valence-corrected chi connectivity index (χ2v) is 4.81. The fourth-order valence-corrected chi connectivity index (χ4v) is 2.29. The van der Waals surface area contributed by atoms with Crippen molar-refractivity contribution in [1.29, 1.82) is 0 Å². The predicted octanol–water partition coefficient (Wildman–Crippen LogP) is 3.28. The minimum absolute atomic E-state index is 0.345. The van der Waals surface area contributed by atoms with E-state index in [4.69, 9.17) is 4.74 Å². The van der Waals surface area contributed by atoms with E-state index in [1.54, 1.807) is 12.7 Å². The van der Waals surface area contributed by atoms with Crippen LogP contribution in [0.5, 0.6) is 0 Å². The monoisotopic (exact) mass is 225 g/mol. The lowest BCUT2D eigenvalue weighted by Gasteiger charge is -2.26. The molecule has 2 unspecified atom stereocenters. The van der Waals surface area contributed by atoms with Crippen molar-refractivity contribution in [1.82, 2.24) is 5.32 Å². The SMILES string of the molecule is CCCNC(CC(C)OC)C1=CCCCC1. The molecule has 1 rings (SSSR count). The van der Waals surface area contributed by atoms with E-state index in [1.165, 1.54) is 32.1 Å². The maximum Gasteiger partial charge on any atom is 0.0561 e. The molecule has 0 saturated heterocycles. The number of allylic oxidation sites excluding steroid dienone is 1. The summed E-state index contributed by atoms with van der Waals surface area (Å²) < 4.78 is 5.38. The predicted molar refractivity (Wildman–Crippen MR) is 69.7 cm³/mol. The molecule has 0 fully saturated rings. The van der Waals surface area contributed by atoms with Crippen LogP contribution in [-0.2, 0) is 4.74 Å². The Kier molecular flexibility index (Phi) is 6.74. The van der Waals surface area contributed by atoms with Gasteiger partial charge in [-0.25, -0.2) is 0 Å². The van der Waals surface area contributed by atoms with E-state index in [-0.39, 0.29) is 0 Å². The summed E-state index contributed by atoms with van der Waals surface area (Å²) in [5, 5.41) is 3.66. The van der Waals surface area contributed by atoms with Crippen LogP contribution in [0.1, 0.15) is 52.4 Å². The molecule has 0 radical (unpaired) electrons. The van der Waals surface area contributed by atoms with Gasteiger partial charge in [0, 0.05) is 13.2 Å². The first-order valence-corrected chi connectivity index (χ1v) is 6.73. The van der Waals surface area contributed by atoms with E-state index in [0.717, 1.165) is 13.0 Å². The Balaban J connectivity index is 2.51. The average molecular weight is 225 g/mol. The van der Waals surface area contributed by atoms with Crippen LogP contribution < -0.4 is 5.32 Å². The van der Waals surface area contributed by atoms with Crippen LogP contribution in [0.2, 0.25) is 0 Å². The molecule has 16 heavy (non-hydrogen) atoms. The highest BCUT2D eigenvalue weighted by atomic mass is 16.5. The maximum absolute atomic E-state index is 5.38.